The maximum absolute atomic E-state index is 12.1. The van der Waals surface area contributed by atoms with Crippen molar-refractivity contribution in [1.82, 2.24) is 4.98 Å². The number of anilines is 1. The second-order valence-electron chi connectivity index (χ2n) is 5.50. The number of carbonyl (C=O) groups is 1. The number of carbonyl (C=O) groups excluding carboxylic acids is 1. The SMILES string of the molecule is CC(C)(C)c1ccc(C(=O)Nc2nc(N=C=S)cs2)cc1. The number of aromatic nitrogens is 1. The van der Waals surface area contributed by atoms with Crippen LogP contribution in [0.3, 0.4) is 0 Å². The Labute approximate surface area is 133 Å². The van der Waals surface area contributed by atoms with Gasteiger partial charge in [0.05, 0.1) is 5.16 Å². The monoisotopic (exact) mass is 317 g/mol. The molecule has 2 aromatic rings. The van der Waals surface area contributed by atoms with Gasteiger partial charge in [-0.2, -0.15) is 9.98 Å². The summed E-state index contributed by atoms with van der Waals surface area (Å²) in [5.74, 6) is 0.260. The molecular weight excluding hydrogens is 302 g/mol. The summed E-state index contributed by atoms with van der Waals surface area (Å²) >= 11 is 5.81. The lowest BCUT2D eigenvalue weighted by Crippen LogP contribution is -2.14. The fraction of sp³-hybridized carbons (Fsp3) is 0.267. The number of nitrogens with zero attached hydrogens (tertiary/aromatic N) is 2. The first-order valence-corrected chi connectivity index (χ1v) is 7.64. The largest absolute Gasteiger partial charge is 0.298 e. The topological polar surface area (TPSA) is 54.4 Å². The Morgan fingerprint density at radius 3 is 2.57 bits per heavy atom. The molecule has 0 fully saturated rings. The van der Waals surface area contributed by atoms with Gasteiger partial charge in [-0.25, -0.2) is 0 Å². The molecule has 0 spiro atoms. The Hall–Kier alpha value is -1.88. The van der Waals surface area contributed by atoms with E-state index in [-0.39, 0.29) is 11.3 Å². The Bertz CT molecular complexity index is 692. The third-order valence-corrected chi connectivity index (χ3v) is 3.72. The molecule has 1 heterocycles. The molecule has 0 saturated heterocycles. The molecule has 0 atom stereocenters. The number of thiocarbonyl (C=S) groups is 1. The van der Waals surface area contributed by atoms with Crippen LogP contribution < -0.4 is 5.32 Å². The van der Waals surface area contributed by atoms with Gasteiger partial charge in [0.15, 0.2) is 10.9 Å². The minimum Gasteiger partial charge on any atom is -0.298 e. The van der Waals surface area contributed by atoms with E-state index < -0.39 is 0 Å². The standard InChI is InChI=1S/C15H15N3OS2/c1-15(2,3)11-6-4-10(5-7-11)13(19)18-14-17-12(8-21-14)16-9-20/h4-8H,1-3H3,(H,17,18,19). The predicted octanol–water partition coefficient (Wildman–Crippen LogP) is 4.43. The molecule has 0 aliphatic rings. The summed E-state index contributed by atoms with van der Waals surface area (Å²) in [7, 11) is 0. The third-order valence-electron chi connectivity index (χ3n) is 2.89. The second-order valence-corrected chi connectivity index (χ2v) is 6.54. The van der Waals surface area contributed by atoms with Crippen molar-refractivity contribution in [3.05, 3.63) is 40.8 Å². The van der Waals surface area contributed by atoms with E-state index in [1.807, 2.05) is 24.3 Å². The summed E-state index contributed by atoms with van der Waals surface area (Å²) in [6.07, 6.45) is 0. The van der Waals surface area contributed by atoms with E-state index in [0.29, 0.717) is 16.5 Å². The van der Waals surface area contributed by atoms with Crippen LogP contribution in [0.1, 0.15) is 36.7 Å². The fourth-order valence-corrected chi connectivity index (χ4v) is 2.43. The maximum atomic E-state index is 12.1. The van der Waals surface area contributed by atoms with Gasteiger partial charge in [-0.05, 0) is 35.3 Å². The average Bonchev–Trinajstić information content (AvgIpc) is 2.86. The van der Waals surface area contributed by atoms with Gasteiger partial charge in [-0.15, -0.1) is 11.3 Å². The van der Waals surface area contributed by atoms with Crippen molar-refractivity contribution in [3.63, 3.8) is 0 Å². The van der Waals surface area contributed by atoms with Gasteiger partial charge >= 0.3 is 0 Å². The van der Waals surface area contributed by atoms with Gasteiger partial charge in [0.25, 0.3) is 5.91 Å². The Morgan fingerprint density at radius 2 is 2.00 bits per heavy atom. The second kappa shape index (κ2) is 6.26. The van der Waals surface area contributed by atoms with Crippen molar-refractivity contribution in [2.24, 2.45) is 4.99 Å². The van der Waals surface area contributed by atoms with Crippen molar-refractivity contribution in [2.45, 2.75) is 26.2 Å². The Morgan fingerprint density at radius 1 is 1.33 bits per heavy atom. The highest BCUT2D eigenvalue weighted by Gasteiger charge is 2.14. The van der Waals surface area contributed by atoms with Crippen molar-refractivity contribution in [3.8, 4) is 0 Å². The van der Waals surface area contributed by atoms with Crippen molar-refractivity contribution in [1.29, 1.82) is 0 Å². The number of hydrogen-bond donors (Lipinski definition) is 1. The van der Waals surface area contributed by atoms with Gasteiger partial charge in [-0.1, -0.05) is 32.9 Å². The van der Waals surface area contributed by atoms with E-state index >= 15 is 0 Å². The number of thiazole rings is 1. The van der Waals surface area contributed by atoms with Crippen LogP contribution >= 0.6 is 23.6 Å². The van der Waals surface area contributed by atoms with Gasteiger partial charge < -0.3 is 0 Å². The lowest BCUT2D eigenvalue weighted by atomic mass is 9.87. The highest BCUT2D eigenvalue weighted by molar-refractivity contribution is 7.78. The van der Waals surface area contributed by atoms with E-state index in [1.165, 1.54) is 16.9 Å². The number of hydrogen-bond acceptors (Lipinski definition) is 5. The number of rotatable bonds is 3. The molecular formula is C15H15N3OS2. The normalized spacial score (nSPS) is 10.8. The van der Waals surface area contributed by atoms with Crippen LogP contribution in [0.5, 0.6) is 0 Å². The average molecular weight is 317 g/mol. The van der Waals surface area contributed by atoms with E-state index in [4.69, 9.17) is 0 Å². The zero-order valence-electron chi connectivity index (χ0n) is 12.0. The number of nitrogens with one attached hydrogen (secondary N) is 1. The Kier molecular flexibility index (Phi) is 4.63. The number of aliphatic imine (C=N–C) groups is 1. The van der Waals surface area contributed by atoms with Crippen LogP contribution in [-0.2, 0) is 5.41 Å². The molecule has 0 unspecified atom stereocenters. The highest BCUT2D eigenvalue weighted by atomic mass is 32.1. The molecule has 0 saturated carbocycles. The molecule has 0 aliphatic heterocycles. The molecule has 21 heavy (non-hydrogen) atoms. The molecule has 0 radical (unpaired) electrons. The molecule has 2 rings (SSSR count). The minimum absolute atomic E-state index is 0.0674. The van der Waals surface area contributed by atoms with Crippen LogP contribution in [-0.4, -0.2) is 16.1 Å². The maximum Gasteiger partial charge on any atom is 0.257 e. The summed E-state index contributed by atoms with van der Waals surface area (Å²) in [4.78, 5) is 20.0. The van der Waals surface area contributed by atoms with Crippen molar-refractivity contribution in [2.75, 3.05) is 5.32 Å². The van der Waals surface area contributed by atoms with Crippen LogP contribution in [0.25, 0.3) is 0 Å². The molecule has 0 aliphatic carbocycles. The highest BCUT2D eigenvalue weighted by Crippen LogP contribution is 2.24. The quantitative estimate of drug-likeness (QED) is 0.673. The molecule has 4 nitrogen and oxygen atoms in total. The number of isothiocyanates is 1. The first kappa shape index (κ1) is 15.5. The summed E-state index contributed by atoms with van der Waals surface area (Å²) in [5, 5.41) is 7.18. The number of benzene rings is 1. The van der Waals surface area contributed by atoms with Crippen LogP contribution in [0.15, 0.2) is 34.6 Å². The van der Waals surface area contributed by atoms with E-state index in [1.54, 1.807) is 5.38 Å². The first-order chi connectivity index (χ1) is 9.90. The van der Waals surface area contributed by atoms with E-state index in [0.717, 1.165) is 0 Å². The van der Waals surface area contributed by atoms with Gasteiger partial charge in [-0.3, -0.25) is 10.1 Å². The van der Waals surface area contributed by atoms with Crippen LogP contribution in [0.4, 0.5) is 10.9 Å². The zero-order valence-corrected chi connectivity index (χ0v) is 13.6. The van der Waals surface area contributed by atoms with E-state index in [9.17, 15) is 4.79 Å². The molecule has 108 valence electrons. The van der Waals surface area contributed by atoms with E-state index in [2.05, 4.69) is 53.4 Å². The lowest BCUT2D eigenvalue weighted by Gasteiger charge is -2.18. The third kappa shape index (κ3) is 4.04. The summed E-state index contributed by atoms with van der Waals surface area (Å²) in [6.45, 7) is 6.40. The first-order valence-electron chi connectivity index (χ1n) is 6.35. The van der Waals surface area contributed by atoms with Gasteiger partial charge in [0, 0.05) is 10.9 Å². The van der Waals surface area contributed by atoms with Gasteiger partial charge in [0.2, 0.25) is 0 Å². The molecule has 0 bridgehead atoms. The smallest absolute Gasteiger partial charge is 0.257 e. The van der Waals surface area contributed by atoms with Crippen LogP contribution in [0, 0.1) is 0 Å². The predicted molar refractivity (Wildman–Crippen MR) is 89.9 cm³/mol. The Balaban J connectivity index is 2.11. The van der Waals surface area contributed by atoms with Gasteiger partial charge in [0.1, 0.15) is 0 Å². The molecule has 1 aromatic heterocycles. The summed E-state index contributed by atoms with van der Waals surface area (Å²) < 4.78 is 0. The van der Waals surface area contributed by atoms with Crippen molar-refractivity contribution >= 4 is 45.6 Å². The lowest BCUT2D eigenvalue weighted by molar-refractivity contribution is 0.102. The summed E-state index contributed by atoms with van der Waals surface area (Å²) in [6, 6.07) is 7.58. The molecule has 1 N–H and O–H groups in total. The van der Waals surface area contributed by atoms with Crippen molar-refractivity contribution < 1.29 is 4.79 Å². The molecule has 1 amide bonds. The summed E-state index contributed by atoms with van der Waals surface area (Å²) in [5.41, 5.74) is 1.85. The fourth-order valence-electron chi connectivity index (χ4n) is 1.71. The number of amides is 1. The van der Waals surface area contributed by atoms with Crippen LogP contribution in [0.2, 0.25) is 0 Å². The minimum atomic E-state index is -0.192. The zero-order chi connectivity index (χ0) is 15.5. The molecule has 6 heteroatoms. The molecule has 1 aromatic carbocycles.